The summed E-state index contributed by atoms with van der Waals surface area (Å²) >= 11 is 6.01. The number of hydrogen-bond acceptors (Lipinski definition) is 4. The summed E-state index contributed by atoms with van der Waals surface area (Å²) in [6.07, 6.45) is 0. The van der Waals surface area contributed by atoms with Gasteiger partial charge >= 0.3 is 0 Å². The number of nitrogens with one attached hydrogen (secondary N) is 1. The van der Waals surface area contributed by atoms with Crippen molar-refractivity contribution in [3.63, 3.8) is 0 Å². The molecule has 0 radical (unpaired) electrons. The molecule has 0 aromatic heterocycles. The number of sulfonamides is 1. The first-order chi connectivity index (χ1) is 17.9. The van der Waals surface area contributed by atoms with E-state index in [4.69, 9.17) is 11.6 Å². The van der Waals surface area contributed by atoms with E-state index in [9.17, 15) is 22.4 Å². The van der Waals surface area contributed by atoms with Gasteiger partial charge in [-0.15, -0.1) is 0 Å². The number of hydrogen-bond donors (Lipinski definition) is 1. The van der Waals surface area contributed by atoms with Gasteiger partial charge in [0.05, 0.1) is 10.6 Å². The molecule has 0 saturated heterocycles. The van der Waals surface area contributed by atoms with Crippen LogP contribution in [0.5, 0.6) is 0 Å². The molecule has 10 heteroatoms. The maximum absolute atomic E-state index is 13.8. The van der Waals surface area contributed by atoms with Crippen molar-refractivity contribution in [1.29, 1.82) is 0 Å². The fraction of sp³-hybridized carbons (Fsp3) is 0.286. The summed E-state index contributed by atoms with van der Waals surface area (Å²) in [5.41, 5.74) is 1.89. The number of halogens is 2. The quantitative estimate of drug-likeness (QED) is 0.382. The van der Waals surface area contributed by atoms with Crippen LogP contribution in [0.3, 0.4) is 0 Å². The van der Waals surface area contributed by atoms with Crippen molar-refractivity contribution in [3.05, 3.63) is 94.8 Å². The summed E-state index contributed by atoms with van der Waals surface area (Å²) in [6.45, 7) is 6.55. The van der Waals surface area contributed by atoms with Crippen molar-refractivity contribution in [3.8, 4) is 0 Å². The molecular weight excluding hydrogens is 529 g/mol. The molecule has 3 aromatic carbocycles. The Morgan fingerprint density at radius 2 is 1.50 bits per heavy atom. The first kappa shape index (κ1) is 29.1. The molecule has 0 aliphatic carbocycles. The number of carbonyl (C=O) groups excluding carboxylic acids is 2. The fourth-order valence-corrected chi connectivity index (χ4v) is 5.29. The summed E-state index contributed by atoms with van der Waals surface area (Å²) in [7, 11) is -4.25. The fourth-order valence-electron chi connectivity index (χ4n) is 3.75. The predicted molar refractivity (Wildman–Crippen MR) is 147 cm³/mol. The summed E-state index contributed by atoms with van der Waals surface area (Å²) in [6, 6.07) is 16.9. The van der Waals surface area contributed by atoms with Crippen LogP contribution in [-0.4, -0.2) is 43.8 Å². The van der Waals surface area contributed by atoms with Crippen molar-refractivity contribution in [2.45, 2.75) is 51.2 Å². The molecule has 7 nitrogen and oxygen atoms in total. The van der Waals surface area contributed by atoms with E-state index in [0.29, 0.717) is 5.02 Å². The zero-order valence-electron chi connectivity index (χ0n) is 21.7. The van der Waals surface area contributed by atoms with Crippen molar-refractivity contribution >= 4 is 39.1 Å². The second kappa shape index (κ2) is 12.4. The van der Waals surface area contributed by atoms with Crippen molar-refractivity contribution < 1.29 is 22.4 Å². The number of carbonyl (C=O) groups is 2. The average Bonchev–Trinajstić information content (AvgIpc) is 2.87. The third-order valence-electron chi connectivity index (χ3n) is 5.87. The van der Waals surface area contributed by atoms with Gasteiger partial charge in [0.1, 0.15) is 18.4 Å². The number of nitrogens with zero attached hydrogens (tertiary/aromatic N) is 2. The van der Waals surface area contributed by atoms with E-state index in [1.165, 1.54) is 4.90 Å². The van der Waals surface area contributed by atoms with Crippen LogP contribution >= 0.6 is 11.6 Å². The molecule has 0 aliphatic heterocycles. The molecular formula is C28H31ClFN3O4S. The van der Waals surface area contributed by atoms with Crippen LogP contribution in [0, 0.1) is 12.7 Å². The molecule has 0 aliphatic rings. The van der Waals surface area contributed by atoms with E-state index in [2.05, 4.69) is 5.32 Å². The Labute approximate surface area is 228 Å². The third kappa shape index (κ3) is 7.33. The monoisotopic (exact) mass is 559 g/mol. The SMILES string of the molecule is Cc1ccc(N(CC(=O)N(Cc2ccc(Cl)cc2)C(C)C(=O)NC(C)C)S(=O)(=O)c2ccc(F)cc2)cc1. The van der Waals surface area contributed by atoms with E-state index in [1.807, 2.05) is 20.8 Å². The first-order valence-corrected chi connectivity index (χ1v) is 13.9. The van der Waals surface area contributed by atoms with Crippen LogP contribution in [0.15, 0.2) is 77.7 Å². The lowest BCUT2D eigenvalue weighted by Gasteiger charge is -2.32. The molecule has 3 rings (SSSR count). The van der Waals surface area contributed by atoms with Crippen molar-refractivity contribution in [1.82, 2.24) is 10.2 Å². The highest BCUT2D eigenvalue weighted by Gasteiger charge is 2.32. The predicted octanol–water partition coefficient (Wildman–Crippen LogP) is 4.92. The minimum atomic E-state index is -4.25. The van der Waals surface area contributed by atoms with Gasteiger partial charge in [-0.25, -0.2) is 12.8 Å². The molecule has 0 fully saturated rings. The second-order valence-electron chi connectivity index (χ2n) is 9.29. The van der Waals surface area contributed by atoms with Crippen LogP contribution in [0.1, 0.15) is 31.9 Å². The molecule has 2 amide bonds. The highest BCUT2D eigenvalue weighted by atomic mass is 35.5. The van der Waals surface area contributed by atoms with E-state index in [0.717, 1.165) is 39.7 Å². The van der Waals surface area contributed by atoms with Gasteiger partial charge in [-0.1, -0.05) is 41.4 Å². The van der Waals surface area contributed by atoms with Crippen LogP contribution in [0.4, 0.5) is 10.1 Å². The Kier molecular flexibility index (Phi) is 9.51. The van der Waals surface area contributed by atoms with Gasteiger partial charge in [0, 0.05) is 17.6 Å². The topological polar surface area (TPSA) is 86.8 Å². The summed E-state index contributed by atoms with van der Waals surface area (Å²) in [5, 5.41) is 3.33. The maximum Gasteiger partial charge on any atom is 0.264 e. The Morgan fingerprint density at radius 1 is 0.921 bits per heavy atom. The zero-order valence-corrected chi connectivity index (χ0v) is 23.3. The summed E-state index contributed by atoms with van der Waals surface area (Å²) in [5.74, 6) is -1.54. The Morgan fingerprint density at radius 3 is 2.05 bits per heavy atom. The number of benzene rings is 3. The Hall–Kier alpha value is -3.43. The van der Waals surface area contributed by atoms with Gasteiger partial charge in [-0.2, -0.15) is 0 Å². The average molecular weight is 560 g/mol. The lowest BCUT2D eigenvalue weighted by atomic mass is 10.1. The third-order valence-corrected chi connectivity index (χ3v) is 7.91. The lowest BCUT2D eigenvalue weighted by molar-refractivity contribution is -0.139. The normalized spacial score (nSPS) is 12.2. The van der Waals surface area contributed by atoms with Gasteiger partial charge < -0.3 is 10.2 Å². The van der Waals surface area contributed by atoms with Gasteiger partial charge in [-0.3, -0.25) is 13.9 Å². The van der Waals surface area contributed by atoms with Gasteiger partial charge in [0.25, 0.3) is 10.0 Å². The minimum Gasteiger partial charge on any atom is -0.352 e. The number of anilines is 1. The molecule has 38 heavy (non-hydrogen) atoms. The zero-order chi connectivity index (χ0) is 28.0. The minimum absolute atomic E-state index is 0.0566. The number of aryl methyl sites for hydroxylation is 1. The van der Waals surface area contributed by atoms with Crippen LogP contribution in [0.2, 0.25) is 5.02 Å². The summed E-state index contributed by atoms with van der Waals surface area (Å²) < 4.78 is 41.8. The molecule has 1 unspecified atom stereocenters. The molecule has 0 bridgehead atoms. The largest absolute Gasteiger partial charge is 0.352 e. The van der Waals surface area contributed by atoms with Gasteiger partial charge in [0.2, 0.25) is 11.8 Å². The standard InChI is InChI=1S/C28H31ClFN3O4S/c1-19(2)31-28(35)21(4)32(17-22-7-9-23(29)10-8-22)27(34)18-33(25-13-5-20(3)6-14-25)38(36,37)26-15-11-24(30)12-16-26/h5-16,19,21H,17-18H2,1-4H3,(H,31,35). The van der Waals surface area contributed by atoms with E-state index >= 15 is 0 Å². The van der Waals surface area contributed by atoms with E-state index < -0.39 is 34.3 Å². The Balaban J connectivity index is 2.02. The highest BCUT2D eigenvalue weighted by molar-refractivity contribution is 7.92. The van der Waals surface area contributed by atoms with E-state index in [1.54, 1.807) is 55.5 Å². The molecule has 3 aromatic rings. The first-order valence-electron chi connectivity index (χ1n) is 12.1. The number of amides is 2. The smallest absolute Gasteiger partial charge is 0.264 e. The van der Waals surface area contributed by atoms with Crippen LogP contribution in [0.25, 0.3) is 0 Å². The second-order valence-corrected chi connectivity index (χ2v) is 11.6. The number of rotatable bonds is 10. The maximum atomic E-state index is 13.8. The van der Waals surface area contributed by atoms with E-state index in [-0.39, 0.29) is 29.1 Å². The lowest BCUT2D eigenvalue weighted by Crippen LogP contribution is -2.52. The van der Waals surface area contributed by atoms with Gasteiger partial charge in [-0.05, 0) is 81.8 Å². The summed E-state index contributed by atoms with van der Waals surface area (Å²) in [4.78, 5) is 27.8. The van der Waals surface area contributed by atoms with Crippen molar-refractivity contribution in [2.75, 3.05) is 10.8 Å². The molecule has 0 heterocycles. The van der Waals surface area contributed by atoms with Crippen LogP contribution in [-0.2, 0) is 26.2 Å². The van der Waals surface area contributed by atoms with Crippen molar-refractivity contribution in [2.24, 2.45) is 0 Å². The van der Waals surface area contributed by atoms with Crippen LogP contribution < -0.4 is 9.62 Å². The highest BCUT2D eigenvalue weighted by Crippen LogP contribution is 2.25. The van der Waals surface area contributed by atoms with Gasteiger partial charge in [0.15, 0.2) is 0 Å². The molecule has 202 valence electrons. The molecule has 0 saturated carbocycles. The molecule has 1 N–H and O–H groups in total. The molecule has 1 atom stereocenters. The molecule has 0 spiro atoms. The Bertz CT molecular complexity index is 1360.